The van der Waals surface area contributed by atoms with E-state index in [1.165, 1.54) is 10.6 Å². The van der Waals surface area contributed by atoms with Gasteiger partial charge in [0.2, 0.25) is 15.9 Å². The molecule has 21 heavy (non-hydrogen) atoms. The second-order valence-corrected chi connectivity index (χ2v) is 7.33. The lowest BCUT2D eigenvalue weighted by molar-refractivity contribution is -0.120. The Kier molecular flexibility index (Phi) is 5.35. The van der Waals surface area contributed by atoms with E-state index in [0.717, 1.165) is 6.42 Å². The molecule has 0 spiro atoms. The average molecular weight is 315 g/mol. The Morgan fingerprint density at radius 2 is 2.38 bits per heavy atom. The number of amides is 1. The van der Waals surface area contributed by atoms with Gasteiger partial charge >= 0.3 is 0 Å². The molecule has 1 atom stereocenters. The molecule has 1 saturated heterocycles. The predicted molar refractivity (Wildman–Crippen MR) is 78.1 cm³/mol. The summed E-state index contributed by atoms with van der Waals surface area (Å²) >= 11 is 0. The van der Waals surface area contributed by atoms with Gasteiger partial charge in [0, 0.05) is 19.2 Å². The molecular formula is C13H21N3O4S. The minimum absolute atomic E-state index is 0.154. The SMILES string of the molecule is CCCCS(=O)(=O)N1CCC[C@H](C(=O)Nc2ccon2)C1. The first-order valence-corrected chi connectivity index (χ1v) is 8.83. The van der Waals surface area contributed by atoms with Crippen LogP contribution in [0.1, 0.15) is 32.6 Å². The second kappa shape index (κ2) is 7.04. The molecule has 1 aromatic rings. The van der Waals surface area contributed by atoms with E-state index in [4.69, 9.17) is 0 Å². The summed E-state index contributed by atoms with van der Waals surface area (Å²) in [4.78, 5) is 12.1. The zero-order valence-corrected chi connectivity index (χ0v) is 12.9. The monoisotopic (exact) mass is 315 g/mol. The third kappa shape index (κ3) is 4.28. The van der Waals surface area contributed by atoms with E-state index in [1.807, 2.05) is 6.92 Å². The number of sulfonamides is 1. The molecule has 2 heterocycles. The summed E-state index contributed by atoms with van der Waals surface area (Å²) in [5.74, 6) is -0.0432. The third-order valence-electron chi connectivity index (χ3n) is 3.59. The minimum Gasteiger partial charge on any atom is -0.363 e. The summed E-state index contributed by atoms with van der Waals surface area (Å²) in [7, 11) is -3.25. The van der Waals surface area contributed by atoms with Gasteiger partial charge in [0.15, 0.2) is 5.82 Å². The van der Waals surface area contributed by atoms with Crippen LogP contribution in [-0.4, -0.2) is 42.6 Å². The molecule has 118 valence electrons. The van der Waals surface area contributed by atoms with Gasteiger partial charge in [-0.15, -0.1) is 0 Å². The average Bonchev–Trinajstić information content (AvgIpc) is 2.98. The predicted octanol–water partition coefficient (Wildman–Crippen LogP) is 1.46. The van der Waals surface area contributed by atoms with E-state index in [-0.39, 0.29) is 24.1 Å². The normalized spacial score (nSPS) is 20.3. The van der Waals surface area contributed by atoms with Crippen molar-refractivity contribution in [3.8, 4) is 0 Å². The number of nitrogens with zero attached hydrogens (tertiary/aromatic N) is 2. The van der Waals surface area contributed by atoms with E-state index in [9.17, 15) is 13.2 Å². The van der Waals surface area contributed by atoms with Gasteiger partial charge in [0.25, 0.3) is 0 Å². The molecule has 2 rings (SSSR count). The summed E-state index contributed by atoms with van der Waals surface area (Å²) < 4.78 is 30.5. The van der Waals surface area contributed by atoms with Crippen molar-refractivity contribution in [3.63, 3.8) is 0 Å². The first kappa shape index (κ1) is 16.0. The van der Waals surface area contributed by atoms with Crippen molar-refractivity contribution < 1.29 is 17.7 Å². The minimum atomic E-state index is -3.25. The Morgan fingerprint density at radius 3 is 3.05 bits per heavy atom. The summed E-state index contributed by atoms with van der Waals surface area (Å²) in [6.07, 6.45) is 4.24. The van der Waals surface area contributed by atoms with E-state index < -0.39 is 10.0 Å². The fraction of sp³-hybridized carbons (Fsp3) is 0.692. The molecule has 1 N–H and O–H groups in total. The fourth-order valence-corrected chi connectivity index (χ4v) is 4.10. The molecule has 1 aliphatic rings. The van der Waals surface area contributed by atoms with Crippen LogP contribution in [0.4, 0.5) is 5.82 Å². The second-order valence-electron chi connectivity index (χ2n) is 5.24. The van der Waals surface area contributed by atoms with E-state index in [2.05, 4.69) is 15.0 Å². The molecule has 0 saturated carbocycles. The zero-order valence-electron chi connectivity index (χ0n) is 12.1. The number of carbonyl (C=O) groups is 1. The summed E-state index contributed by atoms with van der Waals surface area (Å²) in [6, 6.07) is 1.55. The molecular weight excluding hydrogens is 294 g/mol. The van der Waals surface area contributed by atoms with Gasteiger partial charge in [-0.1, -0.05) is 18.5 Å². The first-order valence-electron chi connectivity index (χ1n) is 7.22. The van der Waals surface area contributed by atoms with Gasteiger partial charge in [0.1, 0.15) is 6.26 Å². The summed E-state index contributed by atoms with van der Waals surface area (Å²) in [5, 5.41) is 6.26. The standard InChI is InChI=1S/C13H21N3O4S/c1-2-3-9-21(18,19)16-7-4-5-11(10-16)13(17)14-12-6-8-20-15-12/h6,8,11H,2-5,7,9-10H2,1H3,(H,14,15,17)/t11-/m0/s1. The summed E-state index contributed by atoms with van der Waals surface area (Å²) in [5.41, 5.74) is 0. The number of anilines is 1. The molecule has 0 unspecified atom stereocenters. The highest BCUT2D eigenvalue weighted by atomic mass is 32.2. The first-order chi connectivity index (χ1) is 10.0. The van der Waals surface area contributed by atoms with Gasteiger partial charge in [0.05, 0.1) is 11.7 Å². The number of hydrogen-bond donors (Lipinski definition) is 1. The van der Waals surface area contributed by atoms with Crippen LogP contribution < -0.4 is 5.32 Å². The maximum Gasteiger partial charge on any atom is 0.230 e. The van der Waals surface area contributed by atoms with Crippen molar-refractivity contribution in [2.24, 2.45) is 5.92 Å². The Morgan fingerprint density at radius 1 is 1.57 bits per heavy atom. The lowest BCUT2D eigenvalue weighted by atomic mass is 9.99. The Hall–Kier alpha value is -1.41. The van der Waals surface area contributed by atoms with E-state index in [0.29, 0.717) is 31.6 Å². The van der Waals surface area contributed by atoms with E-state index in [1.54, 1.807) is 6.07 Å². The van der Waals surface area contributed by atoms with Gasteiger partial charge in [-0.2, -0.15) is 0 Å². The Bertz CT molecular complexity index is 556. The lowest BCUT2D eigenvalue weighted by Gasteiger charge is -2.31. The smallest absolute Gasteiger partial charge is 0.230 e. The molecule has 1 amide bonds. The van der Waals surface area contributed by atoms with Crippen molar-refractivity contribution in [2.75, 3.05) is 24.2 Å². The number of hydrogen-bond acceptors (Lipinski definition) is 5. The number of nitrogens with one attached hydrogen (secondary N) is 1. The van der Waals surface area contributed by atoms with Crippen molar-refractivity contribution in [1.82, 2.24) is 9.46 Å². The van der Waals surface area contributed by atoms with Gasteiger partial charge in [-0.3, -0.25) is 4.79 Å². The molecule has 7 nitrogen and oxygen atoms in total. The van der Waals surface area contributed by atoms with E-state index >= 15 is 0 Å². The number of carbonyl (C=O) groups excluding carboxylic acids is 1. The van der Waals surface area contributed by atoms with Crippen molar-refractivity contribution in [3.05, 3.63) is 12.3 Å². The Balaban J connectivity index is 1.95. The number of unbranched alkanes of at least 4 members (excludes halogenated alkanes) is 1. The fourth-order valence-electron chi connectivity index (χ4n) is 2.37. The quantitative estimate of drug-likeness (QED) is 0.858. The van der Waals surface area contributed by atoms with Crippen LogP contribution in [0, 0.1) is 5.92 Å². The van der Waals surface area contributed by atoms with Gasteiger partial charge in [-0.05, 0) is 19.3 Å². The highest BCUT2D eigenvalue weighted by Gasteiger charge is 2.32. The lowest BCUT2D eigenvalue weighted by Crippen LogP contribution is -2.44. The maximum absolute atomic E-state index is 12.2. The number of rotatable bonds is 6. The molecule has 0 bridgehead atoms. The topological polar surface area (TPSA) is 92.5 Å². The van der Waals surface area contributed by atoms with Crippen LogP contribution in [-0.2, 0) is 14.8 Å². The van der Waals surface area contributed by atoms with Gasteiger partial charge < -0.3 is 9.84 Å². The maximum atomic E-state index is 12.2. The molecule has 0 radical (unpaired) electrons. The third-order valence-corrected chi connectivity index (χ3v) is 5.52. The van der Waals surface area contributed by atoms with Crippen LogP contribution in [0.5, 0.6) is 0 Å². The van der Waals surface area contributed by atoms with Gasteiger partial charge in [-0.25, -0.2) is 12.7 Å². The number of piperidine rings is 1. The van der Waals surface area contributed by atoms with Crippen LogP contribution in [0.3, 0.4) is 0 Å². The molecule has 1 aromatic heterocycles. The highest BCUT2D eigenvalue weighted by molar-refractivity contribution is 7.89. The van der Waals surface area contributed by atoms with Crippen molar-refractivity contribution >= 4 is 21.7 Å². The number of aromatic nitrogens is 1. The molecule has 0 aromatic carbocycles. The highest BCUT2D eigenvalue weighted by Crippen LogP contribution is 2.21. The molecule has 8 heteroatoms. The Labute approximate surface area is 124 Å². The molecule has 1 aliphatic heterocycles. The van der Waals surface area contributed by atoms with Crippen LogP contribution in [0.25, 0.3) is 0 Å². The molecule has 1 fully saturated rings. The largest absolute Gasteiger partial charge is 0.363 e. The van der Waals surface area contributed by atoms with Crippen LogP contribution >= 0.6 is 0 Å². The van der Waals surface area contributed by atoms with Crippen LogP contribution in [0.15, 0.2) is 16.9 Å². The van der Waals surface area contributed by atoms with Crippen LogP contribution in [0.2, 0.25) is 0 Å². The molecule has 0 aliphatic carbocycles. The van der Waals surface area contributed by atoms with Crippen molar-refractivity contribution in [1.29, 1.82) is 0 Å². The zero-order chi connectivity index (χ0) is 15.3. The van der Waals surface area contributed by atoms with Crippen molar-refractivity contribution in [2.45, 2.75) is 32.6 Å². The summed E-state index contributed by atoms with van der Waals surface area (Å²) in [6.45, 7) is 2.70.